The summed E-state index contributed by atoms with van der Waals surface area (Å²) in [5, 5.41) is 7.23. The summed E-state index contributed by atoms with van der Waals surface area (Å²) in [6.45, 7) is 13.4. The molecule has 0 aromatic heterocycles. The van der Waals surface area contributed by atoms with Crippen LogP contribution in [0.2, 0.25) is 0 Å². The molecule has 0 aliphatic rings. The molecule has 0 aliphatic carbocycles. The zero-order chi connectivity index (χ0) is 50.5. The van der Waals surface area contributed by atoms with E-state index < -0.39 is 0 Å². The van der Waals surface area contributed by atoms with E-state index in [2.05, 4.69) is 294 Å². The fourth-order valence-electron chi connectivity index (χ4n) is 11.3. The van der Waals surface area contributed by atoms with Crippen molar-refractivity contribution in [3.05, 3.63) is 276 Å². The summed E-state index contributed by atoms with van der Waals surface area (Å²) in [5.41, 5.74) is 24.0. The Balaban J connectivity index is 1.03. The summed E-state index contributed by atoms with van der Waals surface area (Å²) in [7, 11) is 0. The first-order valence-corrected chi connectivity index (χ1v) is 25.8. The molecular formula is C72H58N2. The maximum absolute atomic E-state index is 2.51. The number of nitrogens with zero attached hydrogens (tertiary/aromatic N) is 2. The van der Waals surface area contributed by atoms with Gasteiger partial charge in [-0.1, -0.05) is 205 Å². The van der Waals surface area contributed by atoms with E-state index in [1.54, 1.807) is 0 Å². The van der Waals surface area contributed by atoms with E-state index in [1.807, 2.05) is 0 Å². The number of hydrogen-bond acceptors (Lipinski definition) is 2. The molecule has 0 unspecified atom stereocenters. The standard InChI is InChI=1S/C72H58N2/c1-47-25-37-67(49(3)41-47)73(69-39-35-59(43-51(69)5)57-31-27-55(28-32-57)53-17-9-7-10-18-53)71-45-65-62-22-14-16-24-64(62)72(46-66(65)61-21-13-15-23-63(61)71)74(68-38-26-48(2)42-50(68)4)70-40-36-60(44-52(70)6)58-33-29-56(30-34-58)54-19-11-8-12-20-54/h7-46H,1-6H3. The highest BCUT2D eigenvalue weighted by Gasteiger charge is 2.25. The average Bonchev–Trinajstić information content (AvgIpc) is 3.44. The normalized spacial score (nSPS) is 11.4. The molecule has 0 heterocycles. The van der Waals surface area contributed by atoms with Crippen LogP contribution in [-0.2, 0) is 0 Å². The Hall–Kier alpha value is -8.98. The Morgan fingerprint density at radius 1 is 0.189 bits per heavy atom. The van der Waals surface area contributed by atoms with E-state index in [4.69, 9.17) is 0 Å². The maximum Gasteiger partial charge on any atom is 0.0546 e. The zero-order valence-electron chi connectivity index (χ0n) is 43.0. The van der Waals surface area contributed by atoms with Crippen LogP contribution in [0.1, 0.15) is 33.4 Å². The van der Waals surface area contributed by atoms with Gasteiger partial charge in [0.2, 0.25) is 0 Å². The molecule has 0 saturated heterocycles. The fourth-order valence-corrected chi connectivity index (χ4v) is 11.3. The molecule has 0 saturated carbocycles. The van der Waals surface area contributed by atoms with Crippen molar-refractivity contribution in [3.8, 4) is 44.5 Å². The van der Waals surface area contributed by atoms with Gasteiger partial charge in [-0.2, -0.15) is 0 Å². The van der Waals surface area contributed by atoms with Gasteiger partial charge in [0, 0.05) is 33.5 Å². The summed E-state index contributed by atoms with van der Waals surface area (Å²) in [6, 6.07) is 89.7. The number of aryl methyl sites for hydroxylation is 6. The van der Waals surface area contributed by atoms with Gasteiger partial charge in [-0.3, -0.25) is 0 Å². The highest BCUT2D eigenvalue weighted by Crippen LogP contribution is 2.50. The van der Waals surface area contributed by atoms with Crippen LogP contribution in [0.4, 0.5) is 34.1 Å². The smallest absolute Gasteiger partial charge is 0.0546 e. The van der Waals surface area contributed by atoms with Crippen molar-refractivity contribution in [2.45, 2.75) is 41.5 Å². The Bertz CT molecular complexity index is 3790. The summed E-state index contributed by atoms with van der Waals surface area (Å²) in [5.74, 6) is 0. The topological polar surface area (TPSA) is 6.48 Å². The Labute approximate surface area is 436 Å². The van der Waals surface area contributed by atoms with Crippen LogP contribution in [0.25, 0.3) is 76.8 Å². The molecule has 2 heteroatoms. The van der Waals surface area contributed by atoms with Gasteiger partial charge in [0.25, 0.3) is 0 Å². The molecule has 356 valence electrons. The van der Waals surface area contributed by atoms with E-state index >= 15 is 0 Å². The van der Waals surface area contributed by atoms with Crippen molar-refractivity contribution < 1.29 is 0 Å². The van der Waals surface area contributed by atoms with Crippen LogP contribution in [0.15, 0.2) is 243 Å². The SMILES string of the molecule is Cc1ccc(N(c2ccc(-c3ccc(-c4ccccc4)cc3)cc2C)c2cc3c4ccccc4c(N(c4ccc(C)cc4C)c4ccc(-c5ccc(-c6ccccc6)cc5)cc4C)cc3c3ccccc23)c(C)c1. The summed E-state index contributed by atoms with van der Waals surface area (Å²) in [4.78, 5) is 5.03. The molecule has 0 fully saturated rings. The third-order valence-corrected chi connectivity index (χ3v) is 15.0. The second kappa shape index (κ2) is 19.2. The Kier molecular flexibility index (Phi) is 12.0. The van der Waals surface area contributed by atoms with Gasteiger partial charge in [-0.05, 0) is 178 Å². The molecule has 0 atom stereocenters. The highest BCUT2D eigenvalue weighted by molar-refractivity contribution is 6.24. The monoisotopic (exact) mass is 950 g/mol. The zero-order valence-corrected chi connectivity index (χ0v) is 43.0. The van der Waals surface area contributed by atoms with Gasteiger partial charge in [0.05, 0.1) is 11.4 Å². The lowest BCUT2D eigenvalue weighted by molar-refractivity contribution is 1.23. The molecule has 0 aliphatic heterocycles. The fraction of sp³-hybridized carbons (Fsp3) is 0.0833. The summed E-state index contributed by atoms with van der Waals surface area (Å²) in [6.07, 6.45) is 0. The van der Waals surface area contributed by atoms with Crippen LogP contribution in [0.5, 0.6) is 0 Å². The van der Waals surface area contributed by atoms with E-state index in [9.17, 15) is 0 Å². The van der Waals surface area contributed by atoms with Crippen molar-refractivity contribution >= 4 is 66.4 Å². The van der Waals surface area contributed by atoms with E-state index in [0.717, 1.165) is 34.1 Å². The van der Waals surface area contributed by atoms with E-state index in [-0.39, 0.29) is 0 Å². The van der Waals surface area contributed by atoms with Crippen molar-refractivity contribution in [3.63, 3.8) is 0 Å². The lowest BCUT2D eigenvalue weighted by Gasteiger charge is -2.32. The number of rotatable bonds is 10. The summed E-state index contributed by atoms with van der Waals surface area (Å²) < 4.78 is 0. The molecule has 12 aromatic carbocycles. The van der Waals surface area contributed by atoms with Crippen LogP contribution < -0.4 is 9.80 Å². The van der Waals surface area contributed by atoms with Crippen LogP contribution in [0, 0.1) is 41.5 Å². The highest BCUT2D eigenvalue weighted by atomic mass is 15.2. The minimum absolute atomic E-state index is 1.15. The third-order valence-electron chi connectivity index (χ3n) is 15.0. The molecule has 2 nitrogen and oxygen atoms in total. The molecule has 0 radical (unpaired) electrons. The Morgan fingerprint density at radius 2 is 0.459 bits per heavy atom. The van der Waals surface area contributed by atoms with Gasteiger partial charge < -0.3 is 9.80 Å². The number of benzene rings is 12. The van der Waals surface area contributed by atoms with Gasteiger partial charge in [-0.25, -0.2) is 0 Å². The largest absolute Gasteiger partial charge is 0.309 e. The van der Waals surface area contributed by atoms with Crippen LogP contribution in [-0.4, -0.2) is 0 Å². The Morgan fingerprint density at radius 3 is 0.797 bits per heavy atom. The third kappa shape index (κ3) is 8.49. The minimum atomic E-state index is 1.15. The maximum atomic E-state index is 2.51. The van der Waals surface area contributed by atoms with Crippen molar-refractivity contribution in [1.82, 2.24) is 0 Å². The molecule has 0 amide bonds. The first kappa shape index (κ1) is 46.1. The van der Waals surface area contributed by atoms with E-state index in [0.29, 0.717) is 0 Å². The van der Waals surface area contributed by atoms with E-state index in [1.165, 1.54) is 110 Å². The predicted octanol–water partition coefficient (Wildman–Crippen LogP) is 20.6. The molecule has 0 N–H and O–H groups in total. The molecule has 0 bridgehead atoms. The van der Waals surface area contributed by atoms with Gasteiger partial charge >= 0.3 is 0 Å². The number of hydrogen-bond donors (Lipinski definition) is 0. The molecule has 74 heavy (non-hydrogen) atoms. The molecule has 0 spiro atoms. The average molecular weight is 951 g/mol. The molecule has 12 rings (SSSR count). The van der Waals surface area contributed by atoms with Crippen LogP contribution in [0.3, 0.4) is 0 Å². The quantitative estimate of drug-likeness (QED) is 0.126. The van der Waals surface area contributed by atoms with Crippen molar-refractivity contribution in [1.29, 1.82) is 0 Å². The van der Waals surface area contributed by atoms with Gasteiger partial charge in [0.1, 0.15) is 0 Å². The lowest BCUT2D eigenvalue weighted by atomic mass is 9.92. The molecular weight excluding hydrogens is 893 g/mol. The lowest BCUT2D eigenvalue weighted by Crippen LogP contribution is -2.14. The number of fused-ring (bicyclic) bond motifs is 5. The first-order chi connectivity index (χ1) is 36.2. The van der Waals surface area contributed by atoms with Crippen molar-refractivity contribution in [2.24, 2.45) is 0 Å². The van der Waals surface area contributed by atoms with Crippen molar-refractivity contribution in [2.75, 3.05) is 9.80 Å². The van der Waals surface area contributed by atoms with Gasteiger partial charge in [0.15, 0.2) is 0 Å². The predicted molar refractivity (Wildman–Crippen MR) is 318 cm³/mol. The minimum Gasteiger partial charge on any atom is -0.309 e. The number of anilines is 6. The second-order valence-electron chi connectivity index (χ2n) is 20.1. The summed E-state index contributed by atoms with van der Waals surface area (Å²) >= 11 is 0. The molecule has 12 aromatic rings. The first-order valence-electron chi connectivity index (χ1n) is 25.8. The second-order valence-corrected chi connectivity index (χ2v) is 20.1. The van der Waals surface area contributed by atoms with Crippen LogP contribution >= 0.6 is 0 Å². The van der Waals surface area contributed by atoms with Gasteiger partial charge in [-0.15, -0.1) is 0 Å².